The number of rotatable bonds is 4. The van der Waals surface area contributed by atoms with Crippen molar-refractivity contribution in [3.05, 3.63) is 42.5 Å². The summed E-state index contributed by atoms with van der Waals surface area (Å²) in [7, 11) is 2.18. The van der Waals surface area contributed by atoms with Crippen molar-refractivity contribution in [1.82, 2.24) is 9.80 Å². The molecule has 2 aromatic rings. The molecule has 0 bridgehead atoms. The predicted molar refractivity (Wildman–Crippen MR) is 90.6 cm³/mol. The summed E-state index contributed by atoms with van der Waals surface area (Å²) in [5.41, 5.74) is 0. The molecule has 0 saturated carbocycles. The number of fused-ring (bicyclic) bond motifs is 1. The van der Waals surface area contributed by atoms with Crippen LogP contribution in [0.5, 0.6) is 5.75 Å². The summed E-state index contributed by atoms with van der Waals surface area (Å²) in [5.74, 6) is 0.997. The molecule has 3 rings (SSSR count). The van der Waals surface area contributed by atoms with Gasteiger partial charge in [-0.2, -0.15) is 0 Å². The standard InChI is InChI=1S/C17H22N2O.ClH/c1-18-9-11-19(12-10-18)13-14-20-17-8-4-6-15-5-2-3-7-16(15)17;/h2-8H,9-14H2,1H3;1H. The molecule has 0 unspecified atom stereocenters. The lowest BCUT2D eigenvalue weighted by Crippen LogP contribution is -2.45. The molecular weight excluding hydrogens is 284 g/mol. The zero-order chi connectivity index (χ0) is 13.8. The second-order valence-corrected chi connectivity index (χ2v) is 5.47. The zero-order valence-corrected chi connectivity index (χ0v) is 13.3. The van der Waals surface area contributed by atoms with Gasteiger partial charge >= 0.3 is 0 Å². The molecule has 1 fully saturated rings. The van der Waals surface area contributed by atoms with Crippen molar-refractivity contribution < 1.29 is 4.74 Å². The first-order valence-electron chi connectivity index (χ1n) is 7.34. The van der Waals surface area contributed by atoms with E-state index in [-0.39, 0.29) is 12.4 Å². The lowest BCUT2D eigenvalue weighted by Gasteiger charge is -2.32. The van der Waals surface area contributed by atoms with Crippen molar-refractivity contribution in [2.45, 2.75) is 0 Å². The minimum Gasteiger partial charge on any atom is -0.492 e. The Morgan fingerprint density at radius 2 is 1.67 bits per heavy atom. The van der Waals surface area contributed by atoms with Crippen molar-refractivity contribution >= 4 is 23.2 Å². The van der Waals surface area contributed by atoms with Gasteiger partial charge in [-0.05, 0) is 18.5 Å². The predicted octanol–water partition coefficient (Wildman–Crippen LogP) is 2.89. The van der Waals surface area contributed by atoms with Gasteiger partial charge < -0.3 is 9.64 Å². The third-order valence-electron chi connectivity index (χ3n) is 4.01. The molecule has 4 heteroatoms. The number of benzene rings is 2. The SMILES string of the molecule is CN1CCN(CCOc2cccc3ccccc23)CC1.Cl. The summed E-state index contributed by atoms with van der Waals surface area (Å²) in [5, 5.41) is 2.44. The first kappa shape index (κ1) is 16.1. The van der Waals surface area contributed by atoms with Crippen LogP contribution in [-0.2, 0) is 0 Å². The van der Waals surface area contributed by atoms with Gasteiger partial charge in [0.25, 0.3) is 0 Å². The summed E-state index contributed by atoms with van der Waals surface area (Å²) in [6, 6.07) is 14.6. The van der Waals surface area contributed by atoms with Gasteiger partial charge in [0.15, 0.2) is 0 Å². The number of hydrogen-bond donors (Lipinski definition) is 0. The highest BCUT2D eigenvalue weighted by Crippen LogP contribution is 2.24. The van der Waals surface area contributed by atoms with Crippen molar-refractivity contribution in [2.24, 2.45) is 0 Å². The number of halogens is 1. The van der Waals surface area contributed by atoms with E-state index in [1.165, 1.54) is 10.8 Å². The van der Waals surface area contributed by atoms with Crippen molar-refractivity contribution in [2.75, 3.05) is 46.4 Å². The zero-order valence-electron chi connectivity index (χ0n) is 12.5. The van der Waals surface area contributed by atoms with Crippen LogP contribution in [0.15, 0.2) is 42.5 Å². The van der Waals surface area contributed by atoms with Gasteiger partial charge in [-0.1, -0.05) is 36.4 Å². The number of nitrogens with zero attached hydrogens (tertiary/aromatic N) is 2. The maximum absolute atomic E-state index is 5.99. The summed E-state index contributed by atoms with van der Waals surface area (Å²) >= 11 is 0. The second kappa shape index (κ2) is 7.64. The van der Waals surface area contributed by atoms with Crippen molar-refractivity contribution in [1.29, 1.82) is 0 Å². The molecule has 1 saturated heterocycles. The average Bonchev–Trinajstić information content (AvgIpc) is 2.49. The molecule has 114 valence electrons. The van der Waals surface area contributed by atoms with Gasteiger partial charge in [0.2, 0.25) is 0 Å². The van der Waals surface area contributed by atoms with Crippen LogP contribution >= 0.6 is 12.4 Å². The molecule has 1 aliphatic heterocycles. The Hall–Kier alpha value is -1.29. The van der Waals surface area contributed by atoms with Crippen molar-refractivity contribution in [3.63, 3.8) is 0 Å². The van der Waals surface area contributed by atoms with Crippen LogP contribution in [0.1, 0.15) is 0 Å². The lowest BCUT2D eigenvalue weighted by molar-refractivity contribution is 0.134. The Morgan fingerprint density at radius 3 is 2.48 bits per heavy atom. The van der Waals surface area contributed by atoms with E-state index in [1.807, 2.05) is 0 Å². The summed E-state index contributed by atoms with van der Waals surface area (Å²) < 4.78 is 5.99. The summed E-state index contributed by atoms with van der Waals surface area (Å²) in [6.45, 7) is 6.39. The monoisotopic (exact) mass is 306 g/mol. The minimum absolute atomic E-state index is 0. The quantitative estimate of drug-likeness (QED) is 0.864. The van der Waals surface area contributed by atoms with Gasteiger partial charge in [-0.3, -0.25) is 4.90 Å². The molecule has 0 amide bonds. The fraction of sp³-hybridized carbons (Fsp3) is 0.412. The third-order valence-corrected chi connectivity index (χ3v) is 4.01. The Bertz CT molecular complexity index is 562. The molecule has 21 heavy (non-hydrogen) atoms. The Balaban J connectivity index is 0.00000161. The number of hydrogen-bond acceptors (Lipinski definition) is 3. The molecule has 0 N–H and O–H groups in total. The van der Waals surface area contributed by atoms with Gasteiger partial charge in [-0.25, -0.2) is 0 Å². The Labute approximate surface area is 132 Å². The fourth-order valence-corrected chi connectivity index (χ4v) is 2.68. The third kappa shape index (κ3) is 4.10. The maximum atomic E-state index is 5.99. The topological polar surface area (TPSA) is 15.7 Å². The van der Waals surface area contributed by atoms with E-state index in [0.29, 0.717) is 0 Å². The molecule has 0 aliphatic carbocycles. The summed E-state index contributed by atoms with van der Waals surface area (Å²) in [4.78, 5) is 4.85. The molecule has 1 heterocycles. The molecule has 0 atom stereocenters. The van der Waals surface area contributed by atoms with E-state index in [9.17, 15) is 0 Å². The van der Waals surface area contributed by atoms with Gasteiger partial charge in [0, 0.05) is 38.1 Å². The van der Waals surface area contributed by atoms with E-state index in [2.05, 4.69) is 59.3 Å². The molecule has 0 aromatic heterocycles. The first-order chi connectivity index (χ1) is 9.83. The van der Waals surface area contributed by atoms with Crippen LogP contribution < -0.4 is 4.74 Å². The van der Waals surface area contributed by atoms with Gasteiger partial charge in [0.1, 0.15) is 12.4 Å². The first-order valence-corrected chi connectivity index (χ1v) is 7.34. The van der Waals surface area contributed by atoms with Gasteiger partial charge in [-0.15, -0.1) is 12.4 Å². The highest BCUT2D eigenvalue weighted by atomic mass is 35.5. The van der Waals surface area contributed by atoms with E-state index in [0.717, 1.165) is 45.1 Å². The van der Waals surface area contributed by atoms with E-state index >= 15 is 0 Å². The number of ether oxygens (including phenoxy) is 1. The van der Waals surface area contributed by atoms with Crippen LogP contribution in [0.3, 0.4) is 0 Å². The fourth-order valence-electron chi connectivity index (χ4n) is 2.68. The van der Waals surface area contributed by atoms with Crippen LogP contribution in [0.4, 0.5) is 0 Å². The van der Waals surface area contributed by atoms with Crippen LogP contribution in [-0.4, -0.2) is 56.2 Å². The van der Waals surface area contributed by atoms with Gasteiger partial charge in [0.05, 0.1) is 0 Å². The highest BCUT2D eigenvalue weighted by Gasteiger charge is 2.13. The average molecular weight is 307 g/mol. The normalized spacial score (nSPS) is 16.6. The van der Waals surface area contributed by atoms with Crippen molar-refractivity contribution in [3.8, 4) is 5.75 Å². The van der Waals surface area contributed by atoms with Crippen LogP contribution in [0.2, 0.25) is 0 Å². The van der Waals surface area contributed by atoms with E-state index < -0.39 is 0 Å². The number of piperazine rings is 1. The molecular formula is C17H23ClN2O. The Morgan fingerprint density at radius 1 is 0.952 bits per heavy atom. The molecule has 0 radical (unpaired) electrons. The molecule has 0 spiro atoms. The highest BCUT2D eigenvalue weighted by molar-refractivity contribution is 5.88. The maximum Gasteiger partial charge on any atom is 0.127 e. The number of likely N-dealkylation sites (N-methyl/N-ethyl adjacent to an activating group) is 1. The molecule has 3 nitrogen and oxygen atoms in total. The van der Waals surface area contributed by atoms with E-state index in [1.54, 1.807) is 0 Å². The molecule has 2 aromatic carbocycles. The lowest BCUT2D eigenvalue weighted by atomic mass is 10.1. The van der Waals surface area contributed by atoms with E-state index in [4.69, 9.17) is 4.74 Å². The smallest absolute Gasteiger partial charge is 0.127 e. The summed E-state index contributed by atoms with van der Waals surface area (Å²) in [6.07, 6.45) is 0. The molecule has 1 aliphatic rings. The largest absolute Gasteiger partial charge is 0.492 e. The second-order valence-electron chi connectivity index (χ2n) is 5.47. The van der Waals surface area contributed by atoms with Crippen LogP contribution in [0.25, 0.3) is 10.8 Å². The van der Waals surface area contributed by atoms with Crippen LogP contribution in [0, 0.1) is 0 Å². The Kier molecular flexibility index (Phi) is 5.85. The minimum atomic E-state index is 0.